The SMILES string of the molecule is COc1ccc(C(=O)N(C)CCN2CCCC2)cc1OC. The molecule has 116 valence electrons. The number of likely N-dealkylation sites (tertiary alicyclic amines) is 1. The van der Waals surface area contributed by atoms with Gasteiger partial charge in [0.15, 0.2) is 11.5 Å². The van der Waals surface area contributed by atoms with Crippen molar-refractivity contribution in [2.75, 3.05) is 47.4 Å². The summed E-state index contributed by atoms with van der Waals surface area (Å²) in [4.78, 5) is 16.6. The zero-order valence-corrected chi connectivity index (χ0v) is 13.1. The highest BCUT2D eigenvalue weighted by molar-refractivity contribution is 5.94. The minimum atomic E-state index is 0.00940. The van der Waals surface area contributed by atoms with Crippen LogP contribution in [0.4, 0.5) is 0 Å². The Bertz CT molecular complexity index is 484. The van der Waals surface area contributed by atoms with Crippen molar-refractivity contribution < 1.29 is 14.3 Å². The van der Waals surface area contributed by atoms with Crippen molar-refractivity contribution in [2.24, 2.45) is 0 Å². The Balaban J connectivity index is 1.97. The molecule has 0 aliphatic carbocycles. The average molecular weight is 292 g/mol. The van der Waals surface area contributed by atoms with Crippen LogP contribution in [0.2, 0.25) is 0 Å². The normalized spacial score (nSPS) is 15.0. The van der Waals surface area contributed by atoms with Gasteiger partial charge in [0.25, 0.3) is 5.91 Å². The summed E-state index contributed by atoms with van der Waals surface area (Å²) in [5.74, 6) is 1.22. The molecule has 0 unspecified atom stereocenters. The van der Waals surface area contributed by atoms with Gasteiger partial charge in [-0.1, -0.05) is 0 Å². The van der Waals surface area contributed by atoms with E-state index in [-0.39, 0.29) is 5.91 Å². The summed E-state index contributed by atoms with van der Waals surface area (Å²) < 4.78 is 10.4. The molecule has 2 rings (SSSR count). The number of carbonyl (C=O) groups is 1. The zero-order valence-electron chi connectivity index (χ0n) is 13.1. The maximum absolute atomic E-state index is 12.4. The Morgan fingerprint density at radius 1 is 1.19 bits per heavy atom. The predicted octanol–water partition coefficient (Wildman–Crippen LogP) is 1.87. The van der Waals surface area contributed by atoms with Crippen molar-refractivity contribution >= 4 is 5.91 Å². The molecule has 0 N–H and O–H groups in total. The number of benzene rings is 1. The number of rotatable bonds is 6. The van der Waals surface area contributed by atoms with Crippen LogP contribution in [0, 0.1) is 0 Å². The van der Waals surface area contributed by atoms with Gasteiger partial charge in [0.05, 0.1) is 14.2 Å². The number of hydrogen-bond donors (Lipinski definition) is 0. The molecule has 0 atom stereocenters. The monoisotopic (exact) mass is 292 g/mol. The van der Waals surface area contributed by atoms with E-state index >= 15 is 0 Å². The third-order valence-electron chi connectivity index (χ3n) is 3.93. The summed E-state index contributed by atoms with van der Waals surface area (Å²) in [7, 11) is 5.00. The zero-order chi connectivity index (χ0) is 15.2. The molecule has 5 heteroatoms. The Kier molecular flexibility index (Phi) is 5.44. The maximum atomic E-state index is 12.4. The fourth-order valence-electron chi connectivity index (χ4n) is 2.59. The second-order valence-electron chi connectivity index (χ2n) is 5.35. The van der Waals surface area contributed by atoms with Gasteiger partial charge in [-0.2, -0.15) is 0 Å². The Hall–Kier alpha value is -1.75. The molecule has 1 amide bonds. The Morgan fingerprint density at radius 2 is 1.86 bits per heavy atom. The highest BCUT2D eigenvalue weighted by Crippen LogP contribution is 2.27. The van der Waals surface area contributed by atoms with Gasteiger partial charge in [-0.3, -0.25) is 4.79 Å². The van der Waals surface area contributed by atoms with E-state index in [0.29, 0.717) is 17.1 Å². The van der Waals surface area contributed by atoms with E-state index in [1.807, 2.05) is 7.05 Å². The molecule has 21 heavy (non-hydrogen) atoms. The summed E-state index contributed by atoms with van der Waals surface area (Å²) in [5, 5.41) is 0. The number of likely N-dealkylation sites (N-methyl/N-ethyl adjacent to an activating group) is 1. The molecule has 1 heterocycles. The molecule has 5 nitrogen and oxygen atoms in total. The van der Waals surface area contributed by atoms with Crippen LogP contribution >= 0.6 is 0 Å². The van der Waals surface area contributed by atoms with Crippen molar-refractivity contribution in [1.29, 1.82) is 0 Å². The standard InChI is InChI=1S/C16H24N2O3/c1-17(10-11-18-8-4-5-9-18)16(19)13-6-7-14(20-2)15(12-13)21-3/h6-7,12H,4-5,8-11H2,1-3H3. The van der Waals surface area contributed by atoms with Crippen LogP contribution in [0.25, 0.3) is 0 Å². The first kappa shape index (κ1) is 15.6. The van der Waals surface area contributed by atoms with Gasteiger partial charge < -0.3 is 19.3 Å². The summed E-state index contributed by atoms with van der Waals surface area (Å²) in [6.07, 6.45) is 2.54. The lowest BCUT2D eigenvalue weighted by molar-refractivity contribution is 0.0782. The number of amides is 1. The van der Waals surface area contributed by atoms with Crippen LogP contribution in [-0.2, 0) is 0 Å². The molecule has 0 radical (unpaired) electrons. The molecular weight excluding hydrogens is 268 g/mol. The van der Waals surface area contributed by atoms with Gasteiger partial charge >= 0.3 is 0 Å². The van der Waals surface area contributed by atoms with Crippen molar-refractivity contribution in [3.8, 4) is 11.5 Å². The van der Waals surface area contributed by atoms with Crippen LogP contribution in [0.5, 0.6) is 11.5 Å². The summed E-state index contributed by atoms with van der Waals surface area (Å²) >= 11 is 0. The van der Waals surface area contributed by atoms with Crippen LogP contribution < -0.4 is 9.47 Å². The first-order chi connectivity index (χ1) is 10.2. The van der Waals surface area contributed by atoms with E-state index in [2.05, 4.69) is 4.90 Å². The van der Waals surface area contributed by atoms with E-state index in [1.165, 1.54) is 12.8 Å². The summed E-state index contributed by atoms with van der Waals surface area (Å²) in [6.45, 7) is 3.99. The number of ether oxygens (including phenoxy) is 2. The topological polar surface area (TPSA) is 42.0 Å². The van der Waals surface area contributed by atoms with Gasteiger partial charge in [0.1, 0.15) is 0 Å². The summed E-state index contributed by atoms with van der Waals surface area (Å²) in [5.41, 5.74) is 0.622. The van der Waals surface area contributed by atoms with Crippen molar-refractivity contribution in [2.45, 2.75) is 12.8 Å². The first-order valence-corrected chi connectivity index (χ1v) is 7.35. The lowest BCUT2D eigenvalue weighted by atomic mass is 10.1. The maximum Gasteiger partial charge on any atom is 0.253 e. The number of methoxy groups -OCH3 is 2. The van der Waals surface area contributed by atoms with Crippen LogP contribution in [-0.4, -0.2) is 63.2 Å². The third kappa shape index (κ3) is 3.88. The lowest BCUT2D eigenvalue weighted by Gasteiger charge is -2.22. The molecule has 0 saturated carbocycles. The minimum absolute atomic E-state index is 0.00940. The van der Waals surface area contributed by atoms with Crippen molar-refractivity contribution in [3.63, 3.8) is 0 Å². The third-order valence-corrected chi connectivity index (χ3v) is 3.93. The van der Waals surface area contributed by atoms with Gasteiger partial charge in [-0.25, -0.2) is 0 Å². The molecule has 0 aromatic heterocycles. The Labute approximate surface area is 126 Å². The van der Waals surface area contributed by atoms with Gasteiger partial charge in [0.2, 0.25) is 0 Å². The van der Waals surface area contributed by atoms with E-state index in [4.69, 9.17) is 9.47 Å². The van der Waals surface area contributed by atoms with E-state index < -0.39 is 0 Å². The number of hydrogen-bond acceptors (Lipinski definition) is 4. The van der Waals surface area contributed by atoms with E-state index in [1.54, 1.807) is 37.3 Å². The molecule has 1 aromatic rings. The molecule has 1 saturated heterocycles. The van der Waals surface area contributed by atoms with Crippen LogP contribution in [0.15, 0.2) is 18.2 Å². The fourth-order valence-corrected chi connectivity index (χ4v) is 2.59. The van der Waals surface area contributed by atoms with Crippen molar-refractivity contribution in [3.05, 3.63) is 23.8 Å². The van der Waals surface area contributed by atoms with E-state index in [9.17, 15) is 4.79 Å². The van der Waals surface area contributed by atoms with E-state index in [0.717, 1.165) is 26.2 Å². The molecule has 1 aromatic carbocycles. The quantitative estimate of drug-likeness (QED) is 0.803. The predicted molar refractivity (Wildman–Crippen MR) is 82.2 cm³/mol. The lowest BCUT2D eigenvalue weighted by Crippen LogP contribution is -2.35. The fraction of sp³-hybridized carbons (Fsp3) is 0.562. The molecule has 0 spiro atoms. The molecule has 1 aliphatic heterocycles. The molecule has 0 bridgehead atoms. The Morgan fingerprint density at radius 3 is 2.48 bits per heavy atom. The van der Waals surface area contributed by atoms with Gasteiger partial charge in [-0.15, -0.1) is 0 Å². The second-order valence-corrected chi connectivity index (χ2v) is 5.35. The highest BCUT2D eigenvalue weighted by atomic mass is 16.5. The smallest absolute Gasteiger partial charge is 0.253 e. The second kappa shape index (κ2) is 7.31. The van der Waals surface area contributed by atoms with Gasteiger partial charge in [-0.05, 0) is 44.1 Å². The van der Waals surface area contributed by atoms with Gasteiger partial charge in [0, 0.05) is 25.7 Å². The summed E-state index contributed by atoms with van der Waals surface area (Å²) in [6, 6.07) is 5.27. The first-order valence-electron chi connectivity index (χ1n) is 7.35. The highest BCUT2D eigenvalue weighted by Gasteiger charge is 2.17. The number of nitrogens with zero attached hydrogens (tertiary/aromatic N) is 2. The van der Waals surface area contributed by atoms with Crippen LogP contribution in [0.1, 0.15) is 23.2 Å². The largest absolute Gasteiger partial charge is 0.493 e. The minimum Gasteiger partial charge on any atom is -0.493 e. The molecular formula is C16H24N2O3. The van der Waals surface area contributed by atoms with Crippen LogP contribution in [0.3, 0.4) is 0 Å². The molecule has 1 fully saturated rings. The number of carbonyl (C=O) groups excluding carboxylic acids is 1. The average Bonchev–Trinajstić information content (AvgIpc) is 3.04. The van der Waals surface area contributed by atoms with Crippen molar-refractivity contribution in [1.82, 2.24) is 9.80 Å². The molecule has 1 aliphatic rings.